The van der Waals surface area contributed by atoms with Gasteiger partial charge in [-0.1, -0.05) is 20.8 Å². The number of fused-ring (bicyclic) bond motifs is 1. The number of nitrogens with one attached hydrogen (secondary N) is 2. The van der Waals surface area contributed by atoms with Gasteiger partial charge in [0.25, 0.3) is 5.91 Å². The first-order valence-electron chi connectivity index (χ1n) is 7.37. The summed E-state index contributed by atoms with van der Waals surface area (Å²) in [6, 6.07) is 6.27. The van der Waals surface area contributed by atoms with Crippen LogP contribution >= 0.6 is 0 Å². The first-order valence-corrected chi connectivity index (χ1v) is 7.37. The van der Waals surface area contributed by atoms with E-state index >= 15 is 0 Å². The lowest BCUT2D eigenvalue weighted by molar-refractivity contribution is -0.139. The van der Waals surface area contributed by atoms with Crippen molar-refractivity contribution in [2.75, 3.05) is 0 Å². The van der Waals surface area contributed by atoms with E-state index in [0.29, 0.717) is 12.0 Å². The van der Waals surface area contributed by atoms with Crippen LogP contribution in [-0.4, -0.2) is 28.0 Å². The van der Waals surface area contributed by atoms with Crippen LogP contribution in [0.25, 0.3) is 10.9 Å². The van der Waals surface area contributed by atoms with Gasteiger partial charge < -0.3 is 15.4 Å². The minimum absolute atomic E-state index is 0.0302. The Kier molecular flexibility index (Phi) is 4.54. The van der Waals surface area contributed by atoms with E-state index in [0.717, 1.165) is 17.3 Å². The molecule has 5 nitrogen and oxygen atoms in total. The summed E-state index contributed by atoms with van der Waals surface area (Å²) in [5.74, 6) is -1.36. The number of amides is 1. The van der Waals surface area contributed by atoms with Crippen molar-refractivity contribution in [3.63, 3.8) is 0 Å². The molecule has 0 radical (unpaired) electrons. The van der Waals surface area contributed by atoms with E-state index in [1.54, 1.807) is 18.3 Å². The van der Waals surface area contributed by atoms with Crippen LogP contribution in [0.15, 0.2) is 30.5 Å². The van der Waals surface area contributed by atoms with Crippen molar-refractivity contribution >= 4 is 22.8 Å². The molecule has 0 fully saturated rings. The highest BCUT2D eigenvalue weighted by Gasteiger charge is 2.23. The van der Waals surface area contributed by atoms with E-state index in [4.69, 9.17) is 0 Å². The molecular formula is C17H22N2O3. The van der Waals surface area contributed by atoms with Crippen LogP contribution in [0, 0.1) is 5.41 Å². The Morgan fingerprint density at radius 1 is 1.27 bits per heavy atom. The molecule has 1 aromatic heterocycles. The number of rotatable bonds is 5. The first-order chi connectivity index (χ1) is 10.3. The van der Waals surface area contributed by atoms with Crippen molar-refractivity contribution in [1.29, 1.82) is 0 Å². The van der Waals surface area contributed by atoms with Crippen molar-refractivity contribution in [2.24, 2.45) is 5.41 Å². The fourth-order valence-electron chi connectivity index (χ4n) is 2.27. The molecule has 22 heavy (non-hydrogen) atoms. The van der Waals surface area contributed by atoms with E-state index in [1.165, 1.54) is 0 Å². The molecule has 0 aliphatic rings. The second kappa shape index (κ2) is 6.22. The zero-order valence-corrected chi connectivity index (χ0v) is 13.1. The van der Waals surface area contributed by atoms with Crippen LogP contribution in [0.2, 0.25) is 0 Å². The maximum Gasteiger partial charge on any atom is 0.326 e. The molecule has 5 heteroatoms. The van der Waals surface area contributed by atoms with E-state index in [1.807, 2.05) is 32.9 Å². The summed E-state index contributed by atoms with van der Waals surface area (Å²) in [4.78, 5) is 26.7. The fraction of sp³-hybridized carbons (Fsp3) is 0.412. The van der Waals surface area contributed by atoms with Gasteiger partial charge in [-0.05, 0) is 42.5 Å². The van der Waals surface area contributed by atoms with Gasteiger partial charge in [0.2, 0.25) is 0 Å². The minimum Gasteiger partial charge on any atom is -0.480 e. The molecule has 2 aromatic rings. The van der Waals surface area contributed by atoms with Crippen molar-refractivity contribution in [3.05, 3.63) is 36.0 Å². The molecule has 0 saturated heterocycles. The molecule has 2 rings (SSSR count). The molecule has 118 valence electrons. The van der Waals surface area contributed by atoms with Crippen molar-refractivity contribution < 1.29 is 14.7 Å². The molecule has 0 bridgehead atoms. The molecule has 1 heterocycles. The molecule has 0 spiro atoms. The Balaban J connectivity index is 2.08. The number of aromatic amines is 1. The Morgan fingerprint density at radius 2 is 2.00 bits per heavy atom. The summed E-state index contributed by atoms with van der Waals surface area (Å²) in [6.45, 7) is 6.15. The van der Waals surface area contributed by atoms with Gasteiger partial charge in [0.05, 0.1) is 0 Å². The van der Waals surface area contributed by atoms with Crippen molar-refractivity contribution in [1.82, 2.24) is 10.3 Å². The zero-order chi connectivity index (χ0) is 16.3. The third-order valence-electron chi connectivity index (χ3n) is 3.60. The highest BCUT2D eigenvalue weighted by molar-refractivity contribution is 5.99. The second-order valence-electron chi connectivity index (χ2n) is 6.74. The maximum atomic E-state index is 12.3. The lowest BCUT2D eigenvalue weighted by atomic mass is 9.88. The Labute approximate surface area is 129 Å². The Morgan fingerprint density at radius 3 is 2.64 bits per heavy atom. The summed E-state index contributed by atoms with van der Waals surface area (Å²) in [6.07, 6.45) is 2.94. The average Bonchev–Trinajstić information content (AvgIpc) is 2.88. The fourth-order valence-corrected chi connectivity index (χ4v) is 2.27. The van der Waals surface area contributed by atoms with Crippen LogP contribution in [-0.2, 0) is 4.79 Å². The summed E-state index contributed by atoms with van der Waals surface area (Å²) >= 11 is 0. The quantitative estimate of drug-likeness (QED) is 0.793. The molecule has 3 N–H and O–H groups in total. The van der Waals surface area contributed by atoms with Gasteiger partial charge in [0.1, 0.15) is 6.04 Å². The van der Waals surface area contributed by atoms with E-state index < -0.39 is 12.0 Å². The molecule has 1 unspecified atom stereocenters. The number of aromatic nitrogens is 1. The number of carboxylic acids is 1. The number of hydrogen-bond acceptors (Lipinski definition) is 2. The molecule has 1 amide bonds. The van der Waals surface area contributed by atoms with Crippen molar-refractivity contribution in [3.8, 4) is 0 Å². The number of carboxylic acid groups (broad SMARTS) is 1. The van der Waals surface area contributed by atoms with Gasteiger partial charge in [0, 0.05) is 22.7 Å². The summed E-state index contributed by atoms with van der Waals surface area (Å²) in [5, 5.41) is 12.8. The van der Waals surface area contributed by atoms with Gasteiger partial charge in [0.15, 0.2) is 0 Å². The molecule has 0 aliphatic carbocycles. The summed E-state index contributed by atoms with van der Waals surface area (Å²) in [5.41, 5.74) is 1.44. The van der Waals surface area contributed by atoms with Crippen LogP contribution < -0.4 is 5.32 Å². The first kappa shape index (κ1) is 16.1. The predicted octanol–water partition coefficient (Wildman–Crippen LogP) is 3.18. The van der Waals surface area contributed by atoms with Gasteiger partial charge in [-0.3, -0.25) is 4.79 Å². The number of benzene rings is 1. The Hall–Kier alpha value is -2.30. The number of aliphatic carboxylic acids is 1. The van der Waals surface area contributed by atoms with Crippen LogP contribution in [0.1, 0.15) is 44.0 Å². The van der Waals surface area contributed by atoms with Crippen LogP contribution in [0.4, 0.5) is 0 Å². The summed E-state index contributed by atoms with van der Waals surface area (Å²) in [7, 11) is 0. The maximum absolute atomic E-state index is 12.3. The lowest BCUT2D eigenvalue weighted by Gasteiger charge is -2.21. The van der Waals surface area contributed by atoms with E-state index in [9.17, 15) is 14.7 Å². The van der Waals surface area contributed by atoms with Crippen LogP contribution in [0.3, 0.4) is 0 Å². The van der Waals surface area contributed by atoms with Crippen molar-refractivity contribution in [2.45, 2.75) is 39.7 Å². The van der Waals surface area contributed by atoms with Crippen LogP contribution in [0.5, 0.6) is 0 Å². The normalized spacial score (nSPS) is 13.0. The van der Waals surface area contributed by atoms with Gasteiger partial charge in [-0.15, -0.1) is 0 Å². The monoisotopic (exact) mass is 302 g/mol. The third kappa shape index (κ3) is 4.10. The number of H-pyrrole nitrogens is 1. The highest BCUT2D eigenvalue weighted by Crippen LogP contribution is 2.22. The molecular weight excluding hydrogens is 280 g/mol. The third-order valence-corrected chi connectivity index (χ3v) is 3.60. The average molecular weight is 302 g/mol. The largest absolute Gasteiger partial charge is 0.480 e. The second-order valence-corrected chi connectivity index (χ2v) is 6.74. The molecule has 1 aromatic carbocycles. The van der Waals surface area contributed by atoms with E-state index in [-0.39, 0.29) is 11.3 Å². The smallest absolute Gasteiger partial charge is 0.326 e. The number of carbonyl (C=O) groups is 2. The molecule has 0 saturated carbocycles. The minimum atomic E-state index is -1.000. The number of carbonyl (C=O) groups excluding carboxylic acids is 1. The van der Waals surface area contributed by atoms with Gasteiger partial charge in [-0.2, -0.15) is 0 Å². The summed E-state index contributed by atoms with van der Waals surface area (Å²) < 4.78 is 0. The van der Waals surface area contributed by atoms with Gasteiger partial charge >= 0.3 is 5.97 Å². The highest BCUT2D eigenvalue weighted by atomic mass is 16.4. The Bertz CT molecular complexity index is 683. The number of hydrogen-bond donors (Lipinski definition) is 3. The van der Waals surface area contributed by atoms with E-state index in [2.05, 4.69) is 10.3 Å². The van der Waals surface area contributed by atoms with Gasteiger partial charge in [-0.25, -0.2) is 4.79 Å². The molecule has 1 atom stereocenters. The zero-order valence-electron chi connectivity index (χ0n) is 13.1. The topological polar surface area (TPSA) is 82.2 Å². The predicted molar refractivity (Wildman–Crippen MR) is 85.9 cm³/mol. The molecule has 0 aliphatic heterocycles. The standard InChI is InChI=1S/C17H22N2O3/c1-17(2,3)8-6-14(16(21)22)19-15(20)12-4-5-13-11(10-12)7-9-18-13/h4-5,7,9-10,14,18H,6,8H2,1-3H3,(H,19,20)(H,21,22). The lowest BCUT2D eigenvalue weighted by Crippen LogP contribution is -2.41. The SMILES string of the molecule is CC(C)(C)CCC(NC(=O)c1ccc2[nH]ccc2c1)C(=O)O.